The van der Waals surface area contributed by atoms with Crippen molar-refractivity contribution in [1.29, 1.82) is 0 Å². The van der Waals surface area contributed by atoms with Crippen LogP contribution in [0.4, 0.5) is 4.39 Å². The van der Waals surface area contributed by atoms with E-state index in [1.165, 1.54) is 12.1 Å². The summed E-state index contributed by atoms with van der Waals surface area (Å²) < 4.78 is 14.1. The first-order chi connectivity index (χ1) is 9.66. The number of nitrogens with one attached hydrogen (secondary N) is 1. The zero-order valence-electron chi connectivity index (χ0n) is 10.8. The molecule has 4 heteroatoms. The average molecular weight is 271 g/mol. The van der Waals surface area contributed by atoms with Crippen LogP contribution in [0.5, 0.6) is 11.5 Å². The molecule has 2 aromatic rings. The molecule has 2 aliphatic rings. The number of phenols is 2. The molecule has 0 spiro atoms. The third kappa shape index (κ3) is 1.42. The van der Waals surface area contributed by atoms with Crippen molar-refractivity contribution >= 4 is 0 Å². The second-order valence-electron chi connectivity index (χ2n) is 5.46. The molecule has 0 saturated heterocycles. The van der Waals surface area contributed by atoms with Crippen molar-refractivity contribution in [3.63, 3.8) is 0 Å². The summed E-state index contributed by atoms with van der Waals surface area (Å²) in [7, 11) is 0. The number of phenolic OH excluding ortho intramolecular Hbond substituents is 2. The fourth-order valence-corrected chi connectivity index (χ4v) is 3.50. The number of benzene rings is 2. The fraction of sp³-hybridized carbons (Fsp3) is 0.250. The van der Waals surface area contributed by atoms with Gasteiger partial charge in [-0.25, -0.2) is 4.39 Å². The molecule has 102 valence electrons. The molecular weight excluding hydrogens is 257 g/mol. The van der Waals surface area contributed by atoms with Gasteiger partial charge < -0.3 is 15.5 Å². The van der Waals surface area contributed by atoms with E-state index in [1.807, 2.05) is 12.1 Å². The van der Waals surface area contributed by atoms with E-state index in [-0.39, 0.29) is 23.2 Å². The highest BCUT2D eigenvalue weighted by atomic mass is 19.1. The molecule has 3 nitrogen and oxygen atoms in total. The van der Waals surface area contributed by atoms with E-state index in [4.69, 9.17) is 0 Å². The minimum atomic E-state index is -0.232. The van der Waals surface area contributed by atoms with Crippen LogP contribution in [-0.2, 0) is 13.0 Å². The predicted molar refractivity (Wildman–Crippen MR) is 72.5 cm³/mol. The minimum absolute atomic E-state index is 0.0414. The Bertz CT molecular complexity index is 727. The van der Waals surface area contributed by atoms with Gasteiger partial charge in [0, 0.05) is 31.0 Å². The van der Waals surface area contributed by atoms with E-state index >= 15 is 0 Å². The molecule has 3 N–H and O–H groups in total. The molecule has 0 bridgehead atoms. The van der Waals surface area contributed by atoms with Crippen molar-refractivity contribution < 1.29 is 14.6 Å². The smallest absolute Gasteiger partial charge is 0.161 e. The number of aromatic hydroxyl groups is 2. The van der Waals surface area contributed by atoms with Gasteiger partial charge in [0.05, 0.1) is 0 Å². The Balaban J connectivity index is 2.02. The molecular formula is C16H14FNO2. The molecule has 0 amide bonds. The summed E-state index contributed by atoms with van der Waals surface area (Å²) in [6.45, 7) is 1.47. The van der Waals surface area contributed by atoms with Crippen LogP contribution in [0.1, 0.15) is 33.7 Å². The largest absolute Gasteiger partial charge is 0.504 e. The van der Waals surface area contributed by atoms with Crippen LogP contribution < -0.4 is 5.32 Å². The summed E-state index contributed by atoms with van der Waals surface area (Å²) in [4.78, 5) is 0. The number of hydrogen-bond acceptors (Lipinski definition) is 3. The molecule has 1 unspecified atom stereocenters. The molecule has 1 heterocycles. The Morgan fingerprint density at radius 3 is 2.80 bits per heavy atom. The van der Waals surface area contributed by atoms with E-state index in [0.29, 0.717) is 17.5 Å². The summed E-state index contributed by atoms with van der Waals surface area (Å²) in [5.41, 5.74) is 4.45. The van der Waals surface area contributed by atoms with Gasteiger partial charge in [-0.05, 0) is 34.4 Å². The van der Waals surface area contributed by atoms with Crippen LogP contribution in [0.3, 0.4) is 0 Å². The van der Waals surface area contributed by atoms with Crippen molar-refractivity contribution in [2.75, 3.05) is 6.54 Å². The number of halogens is 1. The van der Waals surface area contributed by atoms with Crippen molar-refractivity contribution in [3.05, 3.63) is 57.9 Å². The normalized spacial score (nSPS) is 19.4. The van der Waals surface area contributed by atoms with Gasteiger partial charge in [-0.2, -0.15) is 0 Å². The van der Waals surface area contributed by atoms with Crippen LogP contribution in [0, 0.1) is 5.82 Å². The number of hydrogen-bond donors (Lipinski definition) is 3. The van der Waals surface area contributed by atoms with E-state index in [2.05, 4.69) is 5.32 Å². The third-order valence-corrected chi connectivity index (χ3v) is 4.43. The van der Waals surface area contributed by atoms with Gasteiger partial charge in [0.2, 0.25) is 0 Å². The maximum Gasteiger partial charge on any atom is 0.161 e. The molecule has 0 fully saturated rings. The molecule has 20 heavy (non-hydrogen) atoms. The lowest BCUT2D eigenvalue weighted by Crippen LogP contribution is -2.32. The topological polar surface area (TPSA) is 52.5 Å². The first-order valence-corrected chi connectivity index (χ1v) is 6.71. The van der Waals surface area contributed by atoms with E-state index in [9.17, 15) is 14.6 Å². The lowest BCUT2D eigenvalue weighted by Gasteiger charge is -2.34. The Labute approximate surface area is 115 Å². The number of rotatable bonds is 0. The highest BCUT2D eigenvalue weighted by molar-refractivity contribution is 5.60. The Hall–Kier alpha value is -2.07. The maximum absolute atomic E-state index is 14.1. The van der Waals surface area contributed by atoms with Crippen molar-refractivity contribution in [2.45, 2.75) is 18.9 Å². The first kappa shape index (κ1) is 11.7. The van der Waals surface area contributed by atoms with Crippen LogP contribution in [0.25, 0.3) is 0 Å². The number of fused-ring (bicyclic) bond motifs is 2. The lowest BCUT2D eigenvalue weighted by molar-refractivity contribution is 0.397. The summed E-state index contributed by atoms with van der Waals surface area (Å²) in [5, 5.41) is 23.1. The highest BCUT2D eigenvalue weighted by Gasteiger charge is 2.33. The van der Waals surface area contributed by atoms with Crippen molar-refractivity contribution in [1.82, 2.24) is 5.32 Å². The van der Waals surface area contributed by atoms with Gasteiger partial charge >= 0.3 is 0 Å². The molecule has 4 rings (SSSR count). The predicted octanol–water partition coefficient (Wildman–Crippen LogP) is 2.38. The molecule has 1 aliphatic carbocycles. The summed E-state index contributed by atoms with van der Waals surface area (Å²) in [6.07, 6.45) is 0.334. The standard InChI is InChI=1S/C16H14FNO2/c17-13-3-1-8-6-18-7-12-9-2-4-14(19)16(20)10(9)5-11(13)15(8)12/h1-4,12,18-20H,5-7H2. The van der Waals surface area contributed by atoms with Gasteiger partial charge in [0.25, 0.3) is 0 Å². The Kier molecular flexibility index (Phi) is 2.32. The maximum atomic E-state index is 14.1. The second-order valence-corrected chi connectivity index (χ2v) is 5.46. The molecule has 1 atom stereocenters. The summed E-state index contributed by atoms with van der Waals surface area (Å²) >= 11 is 0. The Morgan fingerprint density at radius 1 is 1.10 bits per heavy atom. The van der Waals surface area contributed by atoms with Gasteiger partial charge in [0.1, 0.15) is 5.82 Å². The van der Waals surface area contributed by atoms with Gasteiger partial charge in [-0.15, -0.1) is 0 Å². The van der Waals surface area contributed by atoms with Gasteiger partial charge in [0.15, 0.2) is 11.5 Å². The molecule has 0 saturated carbocycles. The second kappa shape index (κ2) is 3.96. The highest BCUT2D eigenvalue weighted by Crippen LogP contribution is 2.45. The van der Waals surface area contributed by atoms with Crippen molar-refractivity contribution in [3.8, 4) is 11.5 Å². The van der Waals surface area contributed by atoms with Crippen molar-refractivity contribution in [2.24, 2.45) is 0 Å². The lowest BCUT2D eigenvalue weighted by atomic mass is 9.74. The fourth-order valence-electron chi connectivity index (χ4n) is 3.50. The van der Waals surface area contributed by atoms with E-state index in [0.717, 1.165) is 29.8 Å². The van der Waals surface area contributed by atoms with E-state index in [1.54, 1.807) is 0 Å². The van der Waals surface area contributed by atoms with Crippen LogP contribution in [0.2, 0.25) is 0 Å². The molecule has 1 aliphatic heterocycles. The SMILES string of the molecule is Oc1ccc2c(c1O)Cc1c(F)ccc3c1C2CNC3. The minimum Gasteiger partial charge on any atom is -0.504 e. The van der Waals surface area contributed by atoms with Crippen LogP contribution in [-0.4, -0.2) is 16.8 Å². The molecule has 0 aromatic heterocycles. The van der Waals surface area contributed by atoms with Gasteiger partial charge in [-0.3, -0.25) is 0 Å². The summed E-state index contributed by atoms with van der Waals surface area (Å²) in [6, 6.07) is 6.66. The van der Waals surface area contributed by atoms with Crippen LogP contribution in [0.15, 0.2) is 24.3 Å². The van der Waals surface area contributed by atoms with Gasteiger partial charge in [-0.1, -0.05) is 12.1 Å². The monoisotopic (exact) mass is 271 g/mol. The molecule has 0 radical (unpaired) electrons. The Morgan fingerprint density at radius 2 is 1.95 bits per heavy atom. The first-order valence-electron chi connectivity index (χ1n) is 6.71. The zero-order chi connectivity index (χ0) is 13.9. The van der Waals surface area contributed by atoms with Crippen LogP contribution >= 0.6 is 0 Å². The summed E-state index contributed by atoms with van der Waals surface area (Å²) in [5.74, 6) is -0.459. The third-order valence-electron chi connectivity index (χ3n) is 4.43. The zero-order valence-corrected chi connectivity index (χ0v) is 10.8. The average Bonchev–Trinajstić information content (AvgIpc) is 2.47. The quantitative estimate of drug-likeness (QED) is 0.645. The molecule has 2 aromatic carbocycles. The van der Waals surface area contributed by atoms with E-state index < -0.39 is 0 Å².